The van der Waals surface area contributed by atoms with E-state index in [-0.39, 0.29) is 10.7 Å². The molecule has 0 fully saturated rings. The van der Waals surface area contributed by atoms with Gasteiger partial charge in [-0.05, 0) is 0 Å². The Balaban J connectivity index is 2.89. The number of aromatic nitrogens is 2. The molecule has 0 saturated carbocycles. The molecule has 1 N–H and O–H groups in total. The predicted molar refractivity (Wildman–Crippen MR) is 40.2 cm³/mol. The summed E-state index contributed by atoms with van der Waals surface area (Å²) < 4.78 is 24.4. The summed E-state index contributed by atoms with van der Waals surface area (Å²) in [6.45, 7) is -0.660. The van der Waals surface area contributed by atoms with Crippen LogP contribution in [0.4, 0.5) is 8.78 Å². The number of hydrogen-bond donors (Lipinski definition) is 1. The minimum Gasteiger partial charge on any atom is -0.478 e. The Morgan fingerprint density at radius 1 is 1.77 bits per heavy atom. The van der Waals surface area contributed by atoms with Crippen molar-refractivity contribution in [2.45, 2.75) is 13.0 Å². The predicted octanol–water partition coefficient (Wildman–Crippen LogP) is 1.50. The molecule has 7 heteroatoms. The van der Waals surface area contributed by atoms with Gasteiger partial charge in [0.05, 0.1) is 0 Å². The average molecular weight is 211 g/mol. The highest BCUT2D eigenvalue weighted by Crippen LogP contribution is 2.13. The summed E-state index contributed by atoms with van der Waals surface area (Å²) in [6.07, 6.45) is -1.62. The Morgan fingerprint density at radius 3 is 2.77 bits per heavy atom. The van der Waals surface area contributed by atoms with Crippen molar-refractivity contribution in [1.29, 1.82) is 0 Å². The van der Waals surface area contributed by atoms with Crippen molar-refractivity contribution in [3.05, 3.63) is 16.9 Å². The first-order valence-corrected chi connectivity index (χ1v) is 3.63. The zero-order valence-electron chi connectivity index (χ0n) is 6.25. The number of carbonyl (C=O) groups is 1. The van der Waals surface area contributed by atoms with Gasteiger partial charge in [0, 0.05) is 6.20 Å². The van der Waals surface area contributed by atoms with Crippen LogP contribution in [0.5, 0.6) is 0 Å². The molecule has 0 spiro atoms. The monoisotopic (exact) mass is 210 g/mol. The van der Waals surface area contributed by atoms with Gasteiger partial charge in [-0.15, -0.1) is 0 Å². The van der Waals surface area contributed by atoms with E-state index in [1.54, 1.807) is 0 Å². The second-order valence-electron chi connectivity index (χ2n) is 2.25. The molecule has 0 aliphatic carbocycles. The van der Waals surface area contributed by atoms with Crippen molar-refractivity contribution in [2.24, 2.45) is 0 Å². The van der Waals surface area contributed by atoms with E-state index in [1.807, 2.05) is 0 Å². The van der Waals surface area contributed by atoms with Gasteiger partial charge in [-0.2, -0.15) is 5.10 Å². The Hall–Kier alpha value is -1.17. The maximum Gasteiger partial charge on any atom is 0.340 e. The highest BCUT2D eigenvalue weighted by molar-refractivity contribution is 6.32. The fourth-order valence-electron chi connectivity index (χ4n) is 0.776. The molecule has 0 radical (unpaired) electrons. The van der Waals surface area contributed by atoms with Gasteiger partial charge in [-0.3, -0.25) is 4.68 Å². The number of aromatic carboxylic acids is 1. The van der Waals surface area contributed by atoms with Gasteiger partial charge in [-0.25, -0.2) is 13.6 Å². The lowest BCUT2D eigenvalue weighted by molar-refractivity contribution is 0.0696. The molecule has 4 nitrogen and oxygen atoms in total. The first kappa shape index (κ1) is 9.91. The molecule has 0 saturated heterocycles. The fourth-order valence-corrected chi connectivity index (χ4v) is 1.00. The van der Waals surface area contributed by atoms with Crippen LogP contribution in [0.1, 0.15) is 10.4 Å². The summed E-state index contributed by atoms with van der Waals surface area (Å²) in [5.74, 6) is -1.29. The van der Waals surface area contributed by atoms with Gasteiger partial charge >= 0.3 is 5.97 Å². The Labute approximate surface area is 76.7 Å². The lowest BCUT2D eigenvalue weighted by Crippen LogP contribution is -2.06. The third-order valence-corrected chi connectivity index (χ3v) is 1.55. The molecule has 1 aromatic rings. The standard InChI is InChI=1S/C6H5ClF2N2O2/c7-5-3(6(12)13)1-11(10-5)2-4(8)9/h1,4H,2H2,(H,12,13). The second-order valence-corrected chi connectivity index (χ2v) is 2.61. The van der Waals surface area contributed by atoms with Crippen molar-refractivity contribution in [3.8, 4) is 0 Å². The smallest absolute Gasteiger partial charge is 0.340 e. The molecule has 0 bridgehead atoms. The van der Waals surface area contributed by atoms with Crippen molar-refractivity contribution < 1.29 is 18.7 Å². The van der Waals surface area contributed by atoms with Crippen LogP contribution in [0.25, 0.3) is 0 Å². The average Bonchev–Trinajstić information content (AvgIpc) is 2.29. The van der Waals surface area contributed by atoms with E-state index < -0.39 is 18.9 Å². The molecular weight excluding hydrogens is 206 g/mol. The molecule has 1 heterocycles. The number of rotatable bonds is 3. The molecule has 0 amide bonds. The second kappa shape index (κ2) is 3.69. The molecule has 0 unspecified atom stereocenters. The highest BCUT2D eigenvalue weighted by Gasteiger charge is 2.15. The summed E-state index contributed by atoms with van der Waals surface area (Å²) in [5, 5.41) is 11.6. The first-order valence-electron chi connectivity index (χ1n) is 3.25. The maximum atomic E-state index is 11.8. The number of carboxylic acids is 1. The Kier molecular flexibility index (Phi) is 2.82. The van der Waals surface area contributed by atoms with E-state index in [4.69, 9.17) is 16.7 Å². The Bertz CT molecular complexity index is 326. The van der Waals surface area contributed by atoms with Crippen LogP contribution in [0.3, 0.4) is 0 Å². The zero-order chi connectivity index (χ0) is 10.0. The molecule has 0 atom stereocenters. The van der Waals surface area contributed by atoms with E-state index in [9.17, 15) is 13.6 Å². The van der Waals surface area contributed by atoms with E-state index in [0.29, 0.717) is 0 Å². The third kappa shape index (κ3) is 2.38. The molecule has 72 valence electrons. The van der Waals surface area contributed by atoms with Gasteiger partial charge in [0.2, 0.25) is 0 Å². The van der Waals surface area contributed by atoms with E-state index in [0.717, 1.165) is 10.9 Å². The van der Waals surface area contributed by atoms with Crippen LogP contribution in [-0.2, 0) is 6.54 Å². The first-order chi connectivity index (χ1) is 6.00. The molecule has 1 aromatic heterocycles. The third-order valence-electron chi connectivity index (χ3n) is 1.27. The topological polar surface area (TPSA) is 55.1 Å². The van der Waals surface area contributed by atoms with Gasteiger partial charge in [-0.1, -0.05) is 11.6 Å². The van der Waals surface area contributed by atoms with Gasteiger partial charge in [0.15, 0.2) is 5.15 Å². The highest BCUT2D eigenvalue weighted by atomic mass is 35.5. The van der Waals surface area contributed by atoms with Crippen LogP contribution in [-0.4, -0.2) is 27.3 Å². The number of nitrogens with zero attached hydrogens (tertiary/aromatic N) is 2. The number of alkyl halides is 2. The molecule has 13 heavy (non-hydrogen) atoms. The van der Waals surface area contributed by atoms with Gasteiger partial charge in [0.1, 0.15) is 12.1 Å². The van der Waals surface area contributed by atoms with Crippen LogP contribution < -0.4 is 0 Å². The summed E-state index contributed by atoms with van der Waals surface area (Å²) in [6, 6.07) is 0. The number of carboxylic acid groups (broad SMARTS) is 1. The van der Waals surface area contributed by atoms with Crippen LogP contribution >= 0.6 is 11.6 Å². The molecule has 0 aromatic carbocycles. The summed E-state index contributed by atoms with van der Waals surface area (Å²) in [5.41, 5.74) is -0.276. The van der Waals surface area contributed by atoms with E-state index in [1.165, 1.54) is 0 Å². The minimum absolute atomic E-state index is 0.276. The van der Waals surface area contributed by atoms with Gasteiger partial charge < -0.3 is 5.11 Å². The summed E-state index contributed by atoms with van der Waals surface area (Å²) in [4.78, 5) is 10.4. The minimum atomic E-state index is -2.59. The lowest BCUT2D eigenvalue weighted by atomic mass is 10.4. The van der Waals surface area contributed by atoms with E-state index >= 15 is 0 Å². The summed E-state index contributed by atoms with van der Waals surface area (Å²) in [7, 11) is 0. The van der Waals surface area contributed by atoms with Crippen LogP contribution in [0.15, 0.2) is 6.20 Å². The van der Waals surface area contributed by atoms with Crippen molar-refractivity contribution >= 4 is 17.6 Å². The molecule has 1 rings (SSSR count). The van der Waals surface area contributed by atoms with Gasteiger partial charge in [0.25, 0.3) is 6.43 Å². The summed E-state index contributed by atoms with van der Waals surface area (Å²) >= 11 is 5.37. The molecular formula is C6H5ClF2N2O2. The van der Waals surface area contributed by atoms with Crippen LogP contribution in [0.2, 0.25) is 5.15 Å². The normalized spacial score (nSPS) is 10.8. The Morgan fingerprint density at radius 2 is 2.38 bits per heavy atom. The van der Waals surface area contributed by atoms with Crippen LogP contribution in [0, 0.1) is 0 Å². The number of hydrogen-bond acceptors (Lipinski definition) is 2. The SMILES string of the molecule is O=C(O)c1cn(CC(F)F)nc1Cl. The maximum absolute atomic E-state index is 11.8. The largest absolute Gasteiger partial charge is 0.478 e. The zero-order valence-corrected chi connectivity index (χ0v) is 7.00. The van der Waals surface area contributed by atoms with Crippen molar-refractivity contribution in [3.63, 3.8) is 0 Å². The number of halogens is 3. The fraction of sp³-hybridized carbons (Fsp3) is 0.333. The quantitative estimate of drug-likeness (QED) is 0.823. The molecule has 0 aliphatic heterocycles. The molecule has 0 aliphatic rings. The lowest BCUT2D eigenvalue weighted by Gasteiger charge is -1.96. The van der Waals surface area contributed by atoms with E-state index in [2.05, 4.69) is 5.10 Å². The van der Waals surface area contributed by atoms with Crippen molar-refractivity contribution in [1.82, 2.24) is 9.78 Å². The van der Waals surface area contributed by atoms with Crippen molar-refractivity contribution in [2.75, 3.05) is 0 Å².